The van der Waals surface area contributed by atoms with Crippen molar-refractivity contribution in [3.05, 3.63) is 35.9 Å². The van der Waals surface area contributed by atoms with Gasteiger partial charge in [0.05, 0.1) is 6.54 Å². The van der Waals surface area contributed by atoms with Crippen LogP contribution in [-0.4, -0.2) is 36.5 Å². The van der Waals surface area contributed by atoms with E-state index in [1.165, 1.54) is 5.56 Å². The average molecular weight is 320 g/mol. The SMILES string of the molecule is Cl.Cl.NCC(=O)NC1CCN(Cc2ccccc2)CC1. The lowest BCUT2D eigenvalue weighted by molar-refractivity contribution is -0.120. The Morgan fingerprint density at radius 1 is 1.20 bits per heavy atom. The molecule has 0 saturated carbocycles. The first-order valence-corrected chi connectivity index (χ1v) is 6.53. The van der Waals surface area contributed by atoms with Crippen LogP contribution in [0.3, 0.4) is 0 Å². The maximum Gasteiger partial charge on any atom is 0.233 e. The highest BCUT2D eigenvalue weighted by molar-refractivity contribution is 5.85. The van der Waals surface area contributed by atoms with E-state index in [9.17, 15) is 4.79 Å². The summed E-state index contributed by atoms with van der Waals surface area (Å²) in [5, 5.41) is 2.96. The van der Waals surface area contributed by atoms with Crippen LogP contribution in [0.4, 0.5) is 0 Å². The number of likely N-dealkylation sites (tertiary alicyclic amines) is 1. The van der Waals surface area contributed by atoms with Crippen LogP contribution in [0.25, 0.3) is 0 Å². The maximum atomic E-state index is 11.2. The minimum Gasteiger partial charge on any atom is -0.352 e. The molecule has 2 rings (SSSR count). The Morgan fingerprint density at radius 2 is 1.80 bits per heavy atom. The molecule has 1 aliphatic rings. The maximum absolute atomic E-state index is 11.2. The molecule has 1 fully saturated rings. The zero-order chi connectivity index (χ0) is 12.8. The Labute approximate surface area is 132 Å². The number of halogens is 2. The molecule has 0 radical (unpaired) electrons. The molecular formula is C14H23Cl2N3O. The van der Waals surface area contributed by atoms with E-state index in [0.29, 0.717) is 6.04 Å². The summed E-state index contributed by atoms with van der Waals surface area (Å²) in [6.45, 7) is 3.15. The van der Waals surface area contributed by atoms with Gasteiger partial charge in [-0.3, -0.25) is 9.69 Å². The number of rotatable bonds is 4. The van der Waals surface area contributed by atoms with E-state index in [-0.39, 0.29) is 37.3 Å². The molecule has 0 unspecified atom stereocenters. The molecule has 114 valence electrons. The zero-order valence-electron chi connectivity index (χ0n) is 11.5. The van der Waals surface area contributed by atoms with E-state index in [4.69, 9.17) is 5.73 Å². The quantitative estimate of drug-likeness (QED) is 0.885. The second-order valence-electron chi connectivity index (χ2n) is 4.81. The van der Waals surface area contributed by atoms with Crippen LogP contribution in [0.1, 0.15) is 18.4 Å². The molecule has 0 spiro atoms. The van der Waals surface area contributed by atoms with Gasteiger partial charge in [-0.05, 0) is 18.4 Å². The zero-order valence-corrected chi connectivity index (χ0v) is 13.1. The lowest BCUT2D eigenvalue weighted by atomic mass is 10.0. The Balaban J connectivity index is 0.00000180. The number of hydrogen-bond acceptors (Lipinski definition) is 3. The van der Waals surface area contributed by atoms with Crippen molar-refractivity contribution in [2.45, 2.75) is 25.4 Å². The van der Waals surface area contributed by atoms with Gasteiger partial charge in [0.1, 0.15) is 0 Å². The molecule has 20 heavy (non-hydrogen) atoms. The number of piperidine rings is 1. The fourth-order valence-corrected chi connectivity index (χ4v) is 2.36. The fraction of sp³-hybridized carbons (Fsp3) is 0.500. The third kappa shape index (κ3) is 6.09. The topological polar surface area (TPSA) is 58.4 Å². The first-order valence-electron chi connectivity index (χ1n) is 6.53. The van der Waals surface area contributed by atoms with E-state index in [2.05, 4.69) is 34.5 Å². The van der Waals surface area contributed by atoms with E-state index in [1.54, 1.807) is 0 Å². The number of carbonyl (C=O) groups excluding carboxylic acids is 1. The fourth-order valence-electron chi connectivity index (χ4n) is 2.36. The minimum atomic E-state index is -0.0449. The van der Waals surface area contributed by atoms with Crippen molar-refractivity contribution in [1.29, 1.82) is 0 Å². The summed E-state index contributed by atoms with van der Waals surface area (Å²) >= 11 is 0. The Morgan fingerprint density at radius 3 is 2.35 bits per heavy atom. The number of nitrogens with two attached hydrogens (primary N) is 1. The van der Waals surface area contributed by atoms with Crippen LogP contribution in [0.5, 0.6) is 0 Å². The van der Waals surface area contributed by atoms with Gasteiger partial charge in [0.15, 0.2) is 0 Å². The van der Waals surface area contributed by atoms with Crippen molar-refractivity contribution in [3.63, 3.8) is 0 Å². The van der Waals surface area contributed by atoms with Gasteiger partial charge in [0.2, 0.25) is 5.91 Å². The Bertz CT molecular complexity index is 381. The molecule has 1 aromatic rings. The van der Waals surface area contributed by atoms with Gasteiger partial charge in [-0.15, -0.1) is 24.8 Å². The highest BCUT2D eigenvalue weighted by Crippen LogP contribution is 2.13. The molecule has 4 nitrogen and oxygen atoms in total. The summed E-state index contributed by atoms with van der Waals surface area (Å²) in [4.78, 5) is 13.6. The highest BCUT2D eigenvalue weighted by atomic mass is 35.5. The first-order chi connectivity index (χ1) is 8.78. The van der Waals surface area contributed by atoms with Crippen molar-refractivity contribution in [1.82, 2.24) is 10.2 Å². The lowest BCUT2D eigenvalue weighted by Crippen LogP contribution is -2.46. The van der Waals surface area contributed by atoms with Crippen LogP contribution in [0, 0.1) is 0 Å². The molecule has 1 saturated heterocycles. The molecular weight excluding hydrogens is 297 g/mol. The van der Waals surface area contributed by atoms with Crippen LogP contribution < -0.4 is 11.1 Å². The minimum absolute atomic E-state index is 0. The third-order valence-corrected chi connectivity index (χ3v) is 3.39. The van der Waals surface area contributed by atoms with Gasteiger partial charge in [0.25, 0.3) is 0 Å². The summed E-state index contributed by atoms with van der Waals surface area (Å²) in [6, 6.07) is 10.8. The predicted molar refractivity (Wildman–Crippen MR) is 86.4 cm³/mol. The molecule has 1 aromatic carbocycles. The van der Waals surface area contributed by atoms with Gasteiger partial charge in [-0.25, -0.2) is 0 Å². The van der Waals surface area contributed by atoms with E-state index in [0.717, 1.165) is 32.5 Å². The number of amides is 1. The molecule has 0 bridgehead atoms. The standard InChI is InChI=1S/C14H21N3O.2ClH/c15-10-14(18)16-13-6-8-17(9-7-13)11-12-4-2-1-3-5-12;;/h1-5,13H,6-11,15H2,(H,16,18);2*1H. The van der Waals surface area contributed by atoms with Crippen molar-refractivity contribution in [2.24, 2.45) is 5.73 Å². The van der Waals surface area contributed by atoms with Crippen LogP contribution >= 0.6 is 24.8 Å². The lowest BCUT2D eigenvalue weighted by Gasteiger charge is -2.32. The normalized spacial score (nSPS) is 15.8. The monoisotopic (exact) mass is 319 g/mol. The molecule has 0 aliphatic carbocycles. The van der Waals surface area contributed by atoms with Crippen LogP contribution in [-0.2, 0) is 11.3 Å². The molecule has 0 atom stereocenters. The van der Waals surface area contributed by atoms with Crippen LogP contribution in [0.15, 0.2) is 30.3 Å². The molecule has 1 aliphatic heterocycles. The largest absolute Gasteiger partial charge is 0.352 e. The Kier molecular flexibility index (Phi) is 9.59. The predicted octanol–water partition coefficient (Wildman–Crippen LogP) is 1.57. The van der Waals surface area contributed by atoms with E-state index < -0.39 is 0 Å². The summed E-state index contributed by atoms with van der Waals surface area (Å²) < 4.78 is 0. The van der Waals surface area contributed by atoms with E-state index in [1.807, 2.05) is 6.07 Å². The van der Waals surface area contributed by atoms with Gasteiger partial charge in [-0.2, -0.15) is 0 Å². The second kappa shape index (κ2) is 10.00. The molecule has 0 aromatic heterocycles. The number of nitrogens with one attached hydrogen (secondary N) is 1. The Hall–Kier alpha value is -0.810. The smallest absolute Gasteiger partial charge is 0.233 e. The summed E-state index contributed by atoms with van der Waals surface area (Å²) in [7, 11) is 0. The van der Waals surface area contributed by atoms with Gasteiger partial charge >= 0.3 is 0 Å². The number of hydrogen-bond donors (Lipinski definition) is 2. The van der Waals surface area contributed by atoms with E-state index >= 15 is 0 Å². The van der Waals surface area contributed by atoms with Gasteiger partial charge in [-0.1, -0.05) is 30.3 Å². The highest BCUT2D eigenvalue weighted by Gasteiger charge is 2.19. The summed E-state index contributed by atoms with van der Waals surface area (Å²) in [5.41, 5.74) is 6.65. The molecule has 3 N–H and O–H groups in total. The summed E-state index contributed by atoms with van der Waals surface area (Å²) in [6.07, 6.45) is 2.02. The number of nitrogens with zero attached hydrogens (tertiary/aromatic N) is 1. The number of benzene rings is 1. The number of carbonyl (C=O) groups is 1. The van der Waals surface area contributed by atoms with Crippen molar-refractivity contribution < 1.29 is 4.79 Å². The third-order valence-electron chi connectivity index (χ3n) is 3.39. The van der Waals surface area contributed by atoms with Crippen LogP contribution in [0.2, 0.25) is 0 Å². The first kappa shape index (κ1) is 19.2. The van der Waals surface area contributed by atoms with Gasteiger partial charge in [0, 0.05) is 25.7 Å². The molecule has 6 heteroatoms. The average Bonchev–Trinajstić information content (AvgIpc) is 2.42. The van der Waals surface area contributed by atoms with Crippen molar-refractivity contribution >= 4 is 30.7 Å². The molecule has 1 heterocycles. The molecule has 1 amide bonds. The summed E-state index contributed by atoms with van der Waals surface area (Å²) in [5.74, 6) is -0.0449. The van der Waals surface area contributed by atoms with Crippen molar-refractivity contribution in [2.75, 3.05) is 19.6 Å². The van der Waals surface area contributed by atoms with Crippen molar-refractivity contribution in [3.8, 4) is 0 Å². The second-order valence-corrected chi connectivity index (χ2v) is 4.81. The van der Waals surface area contributed by atoms with Gasteiger partial charge < -0.3 is 11.1 Å².